The van der Waals surface area contributed by atoms with Gasteiger partial charge in [-0.2, -0.15) is 0 Å². The number of nitrogens with zero attached hydrogens (tertiary/aromatic N) is 1. The molecule has 0 aromatic heterocycles. The van der Waals surface area contributed by atoms with Crippen molar-refractivity contribution < 1.29 is 14.8 Å². The first-order valence-electron chi connectivity index (χ1n) is 6.03. The molecule has 0 saturated carbocycles. The predicted molar refractivity (Wildman–Crippen MR) is 78.9 cm³/mol. The first-order valence-corrected chi connectivity index (χ1v) is 6.03. The second kappa shape index (κ2) is 5.49. The molecular weight excluding hydrogens is 274 g/mol. The van der Waals surface area contributed by atoms with Crippen LogP contribution in [0.15, 0.2) is 36.4 Å². The maximum absolute atomic E-state index is 11.2. The van der Waals surface area contributed by atoms with Gasteiger partial charge in [0.15, 0.2) is 0 Å². The average molecular weight is 287 g/mol. The van der Waals surface area contributed by atoms with Crippen LogP contribution in [-0.4, -0.2) is 16.0 Å². The normalized spacial score (nSPS) is 10.1. The first kappa shape index (κ1) is 14.3. The summed E-state index contributed by atoms with van der Waals surface area (Å²) in [6.45, 7) is 1.77. The van der Waals surface area contributed by atoms with E-state index in [2.05, 4.69) is 5.32 Å². The van der Waals surface area contributed by atoms with E-state index in [0.717, 1.165) is 5.56 Å². The number of carboxylic acids is 1. The third-order valence-corrected chi connectivity index (χ3v) is 2.89. The molecule has 0 heterocycles. The Hall–Kier alpha value is -3.09. The molecule has 0 radical (unpaired) electrons. The van der Waals surface area contributed by atoms with E-state index in [9.17, 15) is 20.0 Å². The minimum atomic E-state index is -1.11. The molecule has 7 heteroatoms. The lowest BCUT2D eigenvalue weighted by Gasteiger charge is -2.11. The number of benzene rings is 2. The van der Waals surface area contributed by atoms with Gasteiger partial charge in [-0.25, -0.2) is 4.79 Å². The molecule has 0 spiro atoms. The highest BCUT2D eigenvalue weighted by Crippen LogP contribution is 2.31. The van der Waals surface area contributed by atoms with Crippen molar-refractivity contribution in [3.63, 3.8) is 0 Å². The molecule has 7 nitrogen and oxygen atoms in total. The maximum atomic E-state index is 11.2. The standard InChI is InChI=1S/C14H13N3O4/c1-8-2-4-11(10(6-8)14(18)19)16-12-5-3-9(15)7-13(12)17(20)21/h2-7,16H,15H2,1H3,(H,18,19). The fourth-order valence-electron chi connectivity index (χ4n) is 1.89. The lowest BCUT2D eigenvalue weighted by molar-refractivity contribution is -0.383. The Labute approximate surface area is 120 Å². The summed E-state index contributed by atoms with van der Waals surface area (Å²) in [6, 6.07) is 8.95. The van der Waals surface area contributed by atoms with Gasteiger partial charge in [0.25, 0.3) is 5.69 Å². The van der Waals surface area contributed by atoms with Crippen molar-refractivity contribution >= 4 is 28.7 Å². The molecule has 4 N–H and O–H groups in total. The highest BCUT2D eigenvalue weighted by molar-refractivity contribution is 5.96. The topological polar surface area (TPSA) is 118 Å². The van der Waals surface area contributed by atoms with Crippen molar-refractivity contribution in [3.8, 4) is 0 Å². The van der Waals surface area contributed by atoms with Gasteiger partial charge in [-0.05, 0) is 31.2 Å². The SMILES string of the molecule is Cc1ccc(Nc2ccc(N)cc2[N+](=O)[O-])c(C(=O)O)c1. The van der Waals surface area contributed by atoms with Gasteiger partial charge in [-0.1, -0.05) is 11.6 Å². The Kier molecular flexibility index (Phi) is 3.75. The van der Waals surface area contributed by atoms with Crippen molar-refractivity contribution in [1.82, 2.24) is 0 Å². The van der Waals surface area contributed by atoms with Crippen molar-refractivity contribution in [2.75, 3.05) is 11.1 Å². The Morgan fingerprint density at radius 3 is 2.52 bits per heavy atom. The van der Waals surface area contributed by atoms with E-state index in [1.807, 2.05) is 0 Å². The van der Waals surface area contributed by atoms with Crippen LogP contribution in [0, 0.1) is 17.0 Å². The number of nitrogen functional groups attached to an aromatic ring is 1. The quantitative estimate of drug-likeness (QED) is 0.452. The van der Waals surface area contributed by atoms with Gasteiger partial charge >= 0.3 is 5.97 Å². The molecule has 0 saturated heterocycles. The number of aromatic carboxylic acids is 1. The average Bonchev–Trinajstić information content (AvgIpc) is 2.42. The second-order valence-corrected chi connectivity index (χ2v) is 4.51. The molecule has 0 fully saturated rings. The first-order chi connectivity index (χ1) is 9.88. The van der Waals surface area contributed by atoms with Gasteiger partial charge in [-0.15, -0.1) is 0 Å². The summed E-state index contributed by atoms with van der Waals surface area (Å²) >= 11 is 0. The number of hydrogen-bond donors (Lipinski definition) is 3. The molecule has 0 aliphatic rings. The summed E-state index contributed by atoms with van der Waals surface area (Å²) in [4.78, 5) is 21.7. The van der Waals surface area contributed by atoms with Crippen LogP contribution < -0.4 is 11.1 Å². The predicted octanol–water partition coefficient (Wildman–Crippen LogP) is 2.93. The van der Waals surface area contributed by atoms with Crippen LogP contribution in [0.3, 0.4) is 0 Å². The Bertz CT molecular complexity index is 667. The molecule has 21 heavy (non-hydrogen) atoms. The molecule has 0 aliphatic carbocycles. The van der Waals surface area contributed by atoms with E-state index in [1.54, 1.807) is 19.1 Å². The van der Waals surface area contributed by atoms with Crippen molar-refractivity contribution in [2.45, 2.75) is 6.92 Å². The number of anilines is 3. The molecular formula is C14H13N3O4. The van der Waals surface area contributed by atoms with E-state index in [0.29, 0.717) is 0 Å². The smallest absolute Gasteiger partial charge is 0.337 e. The molecule has 0 bridgehead atoms. The molecule has 0 amide bonds. The monoisotopic (exact) mass is 287 g/mol. The molecule has 2 aromatic rings. The highest BCUT2D eigenvalue weighted by Gasteiger charge is 2.17. The fourth-order valence-corrected chi connectivity index (χ4v) is 1.89. The summed E-state index contributed by atoms with van der Waals surface area (Å²) in [5.41, 5.74) is 6.86. The number of nitrogens with two attached hydrogens (primary N) is 1. The van der Waals surface area contributed by atoms with E-state index in [4.69, 9.17) is 5.73 Å². The van der Waals surface area contributed by atoms with Gasteiger partial charge in [0.05, 0.1) is 16.2 Å². The summed E-state index contributed by atoms with van der Waals surface area (Å²) in [7, 11) is 0. The number of nitro benzene ring substituents is 1. The lowest BCUT2D eigenvalue weighted by Crippen LogP contribution is -2.05. The van der Waals surface area contributed by atoms with Crippen LogP contribution in [0.2, 0.25) is 0 Å². The van der Waals surface area contributed by atoms with Crippen LogP contribution in [0.1, 0.15) is 15.9 Å². The Morgan fingerprint density at radius 2 is 1.90 bits per heavy atom. The van der Waals surface area contributed by atoms with E-state index < -0.39 is 10.9 Å². The van der Waals surface area contributed by atoms with Crippen LogP contribution in [0.5, 0.6) is 0 Å². The van der Waals surface area contributed by atoms with Crippen LogP contribution >= 0.6 is 0 Å². The molecule has 0 aliphatic heterocycles. The maximum Gasteiger partial charge on any atom is 0.337 e. The number of aryl methyl sites for hydroxylation is 1. The minimum Gasteiger partial charge on any atom is -0.478 e. The van der Waals surface area contributed by atoms with Crippen LogP contribution in [0.25, 0.3) is 0 Å². The van der Waals surface area contributed by atoms with Gasteiger partial charge in [-0.3, -0.25) is 10.1 Å². The van der Waals surface area contributed by atoms with Gasteiger partial charge in [0, 0.05) is 11.8 Å². The fraction of sp³-hybridized carbons (Fsp3) is 0.0714. The van der Waals surface area contributed by atoms with Crippen LogP contribution in [0.4, 0.5) is 22.7 Å². The zero-order valence-corrected chi connectivity index (χ0v) is 11.2. The van der Waals surface area contributed by atoms with Crippen LogP contribution in [-0.2, 0) is 0 Å². The Balaban J connectivity index is 2.48. The largest absolute Gasteiger partial charge is 0.478 e. The number of carbonyl (C=O) groups is 1. The highest BCUT2D eigenvalue weighted by atomic mass is 16.6. The molecule has 108 valence electrons. The summed E-state index contributed by atoms with van der Waals surface area (Å²) in [5, 5.41) is 23.0. The minimum absolute atomic E-state index is 0.0427. The van der Waals surface area contributed by atoms with Gasteiger partial charge in [0.2, 0.25) is 0 Å². The van der Waals surface area contributed by atoms with Gasteiger partial charge < -0.3 is 16.2 Å². The lowest BCUT2D eigenvalue weighted by atomic mass is 10.1. The molecule has 0 unspecified atom stereocenters. The third kappa shape index (κ3) is 3.08. The summed E-state index contributed by atoms with van der Waals surface area (Å²) in [6.07, 6.45) is 0. The zero-order chi connectivity index (χ0) is 15.6. The number of rotatable bonds is 4. The van der Waals surface area contributed by atoms with Gasteiger partial charge in [0.1, 0.15) is 5.69 Å². The van der Waals surface area contributed by atoms with E-state index in [-0.39, 0.29) is 28.3 Å². The number of nitrogens with one attached hydrogen (secondary N) is 1. The molecule has 2 aromatic carbocycles. The van der Waals surface area contributed by atoms with E-state index >= 15 is 0 Å². The summed E-state index contributed by atoms with van der Waals surface area (Å²) < 4.78 is 0. The third-order valence-electron chi connectivity index (χ3n) is 2.89. The summed E-state index contributed by atoms with van der Waals surface area (Å²) in [5.74, 6) is -1.11. The number of nitro groups is 1. The van der Waals surface area contributed by atoms with Crippen molar-refractivity contribution in [1.29, 1.82) is 0 Å². The van der Waals surface area contributed by atoms with Crippen molar-refractivity contribution in [2.24, 2.45) is 0 Å². The zero-order valence-electron chi connectivity index (χ0n) is 11.2. The number of carboxylic acid groups (broad SMARTS) is 1. The van der Waals surface area contributed by atoms with Crippen molar-refractivity contribution in [3.05, 3.63) is 57.6 Å². The Morgan fingerprint density at radius 1 is 1.24 bits per heavy atom. The molecule has 2 rings (SSSR count). The molecule has 0 atom stereocenters. The van der Waals surface area contributed by atoms with E-state index in [1.165, 1.54) is 24.3 Å². The second-order valence-electron chi connectivity index (χ2n) is 4.51. The number of hydrogen-bond acceptors (Lipinski definition) is 5.